The molecule has 1 aliphatic heterocycles. The van der Waals surface area contributed by atoms with Gasteiger partial charge in [0.25, 0.3) is 5.89 Å². The molecule has 3 heterocycles. The molecule has 0 radical (unpaired) electrons. The van der Waals surface area contributed by atoms with Crippen molar-refractivity contribution < 1.29 is 31.5 Å². The number of rotatable bonds is 6. The lowest BCUT2D eigenvalue weighted by Crippen LogP contribution is -2.52. The SMILES string of the molecule is CC(C(=O)Nc1ccc(OC(F)(F)F)cc1)N1CCN(c2oc(-c3ccco3)nc2C#N)CC1. The third kappa shape index (κ3) is 5.32. The second-order valence-corrected chi connectivity index (χ2v) is 7.52. The highest BCUT2D eigenvalue weighted by atomic mass is 19.4. The van der Waals surface area contributed by atoms with Crippen LogP contribution in [-0.4, -0.2) is 54.4 Å². The number of anilines is 2. The number of amides is 1. The van der Waals surface area contributed by atoms with Crippen LogP contribution in [0.25, 0.3) is 11.7 Å². The first kappa shape index (κ1) is 23.2. The lowest BCUT2D eigenvalue weighted by atomic mass is 10.2. The molecule has 0 spiro atoms. The highest BCUT2D eigenvalue weighted by Gasteiger charge is 2.31. The predicted molar refractivity (Wildman–Crippen MR) is 114 cm³/mol. The highest BCUT2D eigenvalue weighted by molar-refractivity contribution is 5.94. The number of alkyl halides is 3. The first-order valence-electron chi connectivity index (χ1n) is 10.3. The van der Waals surface area contributed by atoms with E-state index >= 15 is 0 Å². The van der Waals surface area contributed by atoms with Crippen LogP contribution >= 0.6 is 0 Å². The van der Waals surface area contributed by atoms with Crippen LogP contribution in [-0.2, 0) is 4.79 Å². The van der Waals surface area contributed by atoms with Crippen LogP contribution in [0.1, 0.15) is 12.6 Å². The number of hydrogen-bond acceptors (Lipinski definition) is 8. The first-order valence-corrected chi connectivity index (χ1v) is 10.3. The third-order valence-corrected chi connectivity index (χ3v) is 5.33. The minimum atomic E-state index is -4.78. The summed E-state index contributed by atoms with van der Waals surface area (Å²) in [5.74, 6) is 0.333. The number of carbonyl (C=O) groups excluding carboxylic acids is 1. The van der Waals surface area contributed by atoms with Crippen LogP contribution in [0, 0.1) is 11.3 Å². The minimum Gasteiger partial charge on any atom is -0.459 e. The Morgan fingerprint density at radius 2 is 1.91 bits per heavy atom. The Morgan fingerprint density at radius 3 is 2.50 bits per heavy atom. The third-order valence-electron chi connectivity index (χ3n) is 5.33. The van der Waals surface area contributed by atoms with Gasteiger partial charge in [0.15, 0.2) is 5.76 Å². The van der Waals surface area contributed by atoms with Gasteiger partial charge in [0, 0.05) is 31.9 Å². The van der Waals surface area contributed by atoms with Crippen molar-refractivity contribution >= 4 is 17.5 Å². The normalized spacial score (nSPS) is 15.6. The maximum Gasteiger partial charge on any atom is 0.573 e. The van der Waals surface area contributed by atoms with Crippen molar-refractivity contribution in [2.24, 2.45) is 0 Å². The van der Waals surface area contributed by atoms with Crippen molar-refractivity contribution in [2.75, 3.05) is 36.4 Å². The van der Waals surface area contributed by atoms with E-state index in [2.05, 4.69) is 15.0 Å². The summed E-state index contributed by atoms with van der Waals surface area (Å²) in [7, 11) is 0. The summed E-state index contributed by atoms with van der Waals surface area (Å²) < 4.78 is 51.7. The van der Waals surface area contributed by atoms with Crippen LogP contribution in [0.3, 0.4) is 0 Å². The highest BCUT2D eigenvalue weighted by Crippen LogP contribution is 2.29. The second kappa shape index (κ2) is 9.48. The zero-order valence-corrected chi connectivity index (χ0v) is 18.0. The molecule has 2 aromatic heterocycles. The number of carbonyl (C=O) groups is 1. The number of aromatic nitrogens is 1. The second-order valence-electron chi connectivity index (χ2n) is 7.52. The molecule has 1 aromatic carbocycles. The van der Waals surface area contributed by atoms with E-state index in [1.54, 1.807) is 19.1 Å². The number of halogens is 3. The van der Waals surface area contributed by atoms with E-state index in [0.29, 0.717) is 43.5 Å². The van der Waals surface area contributed by atoms with Crippen LogP contribution in [0.15, 0.2) is 51.5 Å². The molecular weight excluding hydrogens is 455 g/mol. The molecule has 3 aromatic rings. The summed E-state index contributed by atoms with van der Waals surface area (Å²) in [6.45, 7) is 3.80. The Morgan fingerprint density at radius 1 is 1.21 bits per heavy atom. The van der Waals surface area contributed by atoms with Gasteiger partial charge in [0.05, 0.1) is 12.3 Å². The minimum absolute atomic E-state index is 0.156. The Kier molecular flexibility index (Phi) is 6.47. The molecule has 1 saturated heterocycles. The van der Waals surface area contributed by atoms with Gasteiger partial charge in [-0.1, -0.05) is 0 Å². The van der Waals surface area contributed by atoms with Gasteiger partial charge in [0.1, 0.15) is 11.8 Å². The summed E-state index contributed by atoms with van der Waals surface area (Å²) in [4.78, 5) is 20.7. The van der Waals surface area contributed by atoms with Crippen molar-refractivity contribution in [1.29, 1.82) is 5.26 Å². The number of benzene rings is 1. The first-order chi connectivity index (χ1) is 16.2. The standard InChI is InChI=1S/C22H20F3N5O4/c1-14(19(31)27-15-4-6-16(7-5-15)34-22(23,24)25)29-8-10-30(11-9-29)21-17(13-26)28-20(33-21)18-3-2-12-32-18/h2-7,12,14H,8-11H2,1H3,(H,27,31). The average Bonchev–Trinajstić information content (AvgIpc) is 3.49. The van der Waals surface area contributed by atoms with Crippen molar-refractivity contribution in [3.63, 3.8) is 0 Å². The Hall–Kier alpha value is -3.98. The summed E-state index contributed by atoms with van der Waals surface area (Å²) in [5.41, 5.74) is 0.513. The average molecular weight is 475 g/mol. The zero-order chi connectivity index (χ0) is 24.3. The van der Waals surface area contributed by atoms with Crippen molar-refractivity contribution in [1.82, 2.24) is 9.88 Å². The molecule has 1 unspecified atom stereocenters. The molecule has 9 nitrogen and oxygen atoms in total. The molecule has 0 bridgehead atoms. The number of oxazole rings is 1. The smallest absolute Gasteiger partial charge is 0.459 e. The van der Waals surface area contributed by atoms with Gasteiger partial charge in [-0.3, -0.25) is 9.69 Å². The van der Waals surface area contributed by atoms with Gasteiger partial charge in [-0.15, -0.1) is 13.2 Å². The van der Waals surface area contributed by atoms with Crippen molar-refractivity contribution in [3.8, 4) is 23.5 Å². The van der Waals surface area contributed by atoms with E-state index in [4.69, 9.17) is 8.83 Å². The van der Waals surface area contributed by atoms with E-state index in [1.807, 2.05) is 15.9 Å². The largest absolute Gasteiger partial charge is 0.573 e. The van der Waals surface area contributed by atoms with Gasteiger partial charge >= 0.3 is 6.36 Å². The predicted octanol–water partition coefficient (Wildman–Crippen LogP) is 3.85. The number of piperazine rings is 1. The van der Waals surface area contributed by atoms with Gasteiger partial charge in [0.2, 0.25) is 17.5 Å². The Labute approximate surface area is 192 Å². The summed E-state index contributed by atoms with van der Waals surface area (Å²) in [6, 6.07) is 9.87. The fourth-order valence-electron chi connectivity index (χ4n) is 3.57. The molecule has 34 heavy (non-hydrogen) atoms. The van der Waals surface area contributed by atoms with E-state index in [-0.39, 0.29) is 23.2 Å². The molecule has 0 aliphatic carbocycles. The molecule has 1 fully saturated rings. The number of nitrogens with zero attached hydrogens (tertiary/aromatic N) is 4. The number of nitrogens with one attached hydrogen (secondary N) is 1. The maximum absolute atomic E-state index is 12.7. The number of nitriles is 1. The molecule has 1 atom stereocenters. The van der Waals surface area contributed by atoms with Crippen molar-refractivity contribution in [3.05, 3.63) is 48.4 Å². The number of hydrogen-bond donors (Lipinski definition) is 1. The van der Waals surface area contributed by atoms with Crippen LogP contribution in [0.4, 0.5) is 24.7 Å². The lowest BCUT2D eigenvalue weighted by molar-refractivity contribution is -0.274. The van der Waals surface area contributed by atoms with Crippen LogP contribution < -0.4 is 15.0 Å². The Balaban J connectivity index is 1.33. The molecule has 4 rings (SSSR count). The molecule has 178 valence electrons. The molecule has 1 amide bonds. The molecule has 0 saturated carbocycles. The van der Waals surface area contributed by atoms with Gasteiger partial charge in [-0.25, -0.2) is 0 Å². The quantitative estimate of drug-likeness (QED) is 0.573. The summed E-state index contributed by atoms with van der Waals surface area (Å²) in [6.07, 6.45) is -3.29. The monoisotopic (exact) mass is 475 g/mol. The van der Waals surface area contributed by atoms with Crippen molar-refractivity contribution in [2.45, 2.75) is 19.3 Å². The number of ether oxygens (including phenoxy) is 1. The van der Waals surface area contributed by atoms with Gasteiger partial charge in [-0.05, 0) is 43.3 Å². The van der Waals surface area contributed by atoms with E-state index in [9.17, 15) is 23.2 Å². The van der Waals surface area contributed by atoms with E-state index < -0.39 is 12.4 Å². The maximum atomic E-state index is 12.7. The van der Waals surface area contributed by atoms with E-state index in [1.165, 1.54) is 18.4 Å². The molecule has 1 aliphatic rings. The van der Waals surface area contributed by atoms with Crippen LogP contribution in [0.5, 0.6) is 5.75 Å². The molecular formula is C22H20F3N5O4. The topological polar surface area (TPSA) is 108 Å². The van der Waals surface area contributed by atoms with Crippen LogP contribution in [0.2, 0.25) is 0 Å². The lowest BCUT2D eigenvalue weighted by Gasteiger charge is -2.37. The Bertz CT molecular complexity index is 1160. The fourth-order valence-corrected chi connectivity index (χ4v) is 3.57. The number of furan rings is 1. The molecule has 12 heteroatoms. The molecule has 1 N–H and O–H groups in total. The van der Waals surface area contributed by atoms with E-state index in [0.717, 1.165) is 12.1 Å². The zero-order valence-electron chi connectivity index (χ0n) is 18.0. The van der Waals surface area contributed by atoms with Gasteiger partial charge in [-0.2, -0.15) is 10.2 Å². The fraction of sp³-hybridized carbons (Fsp3) is 0.318. The summed E-state index contributed by atoms with van der Waals surface area (Å²) in [5, 5.41) is 12.1. The van der Waals surface area contributed by atoms with Gasteiger partial charge < -0.3 is 23.8 Å². The summed E-state index contributed by atoms with van der Waals surface area (Å²) >= 11 is 0.